The highest BCUT2D eigenvalue weighted by molar-refractivity contribution is 7.89. The van der Waals surface area contributed by atoms with Crippen molar-refractivity contribution < 1.29 is 13.2 Å². The molecule has 0 fully saturated rings. The van der Waals surface area contributed by atoms with Crippen LogP contribution in [0.3, 0.4) is 0 Å². The fraction of sp³-hybridized carbons (Fsp3) is 0.300. The Morgan fingerprint density at radius 3 is 2.48 bits per heavy atom. The first-order chi connectivity index (χ1) is 12.7. The highest BCUT2D eigenvalue weighted by Gasteiger charge is 2.18. The number of rotatable bonds is 6. The molecule has 3 rings (SSSR count). The van der Waals surface area contributed by atoms with Crippen molar-refractivity contribution in [1.29, 1.82) is 0 Å². The predicted octanol–water partition coefficient (Wildman–Crippen LogP) is 2.77. The van der Waals surface area contributed by atoms with Crippen molar-refractivity contribution in [3.8, 4) is 0 Å². The summed E-state index contributed by atoms with van der Waals surface area (Å²) in [7, 11) is -3.27. The van der Waals surface area contributed by atoms with Gasteiger partial charge in [-0.2, -0.15) is 0 Å². The molecule has 0 saturated carbocycles. The minimum Gasteiger partial charge on any atom is -0.348 e. The van der Waals surface area contributed by atoms with Gasteiger partial charge in [0.25, 0.3) is 0 Å². The van der Waals surface area contributed by atoms with Crippen LogP contribution < -0.4 is 5.32 Å². The number of fused-ring (bicyclic) bond motifs is 1. The zero-order chi connectivity index (χ0) is 19.6. The van der Waals surface area contributed by atoms with Crippen molar-refractivity contribution in [2.24, 2.45) is 0 Å². The van der Waals surface area contributed by atoms with Gasteiger partial charge in [0.1, 0.15) is 18.1 Å². The van der Waals surface area contributed by atoms with E-state index in [1.54, 1.807) is 4.57 Å². The number of imidazole rings is 1. The summed E-state index contributed by atoms with van der Waals surface area (Å²) in [6, 6.07) is 15.2. The number of nitrogens with one attached hydrogen (secondary N) is 1. The molecule has 3 aromatic rings. The van der Waals surface area contributed by atoms with Gasteiger partial charge in [0, 0.05) is 6.26 Å². The number of hydrogen-bond acceptors (Lipinski definition) is 4. The van der Waals surface area contributed by atoms with Gasteiger partial charge in [0.2, 0.25) is 5.91 Å². The number of amides is 1. The van der Waals surface area contributed by atoms with Gasteiger partial charge in [0.05, 0.1) is 17.1 Å². The summed E-state index contributed by atoms with van der Waals surface area (Å²) in [6.45, 7) is 3.95. The lowest BCUT2D eigenvalue weighted by Crippen LogP contribution is -2.30. The number of sulfone groups is 1. The summed E-state index contributed by atoms with van der Waals surface area (Å²) in [5.74, 6) is -0.0273. The quantitative estimate of drug-likeness (QED) is 0.707. The Morgan fingerprint density at radius 2 is 1.81 bits per heavy atom. The predicted molar refractivity (Wildman–Crippen MR) is 106 cm³/mol. The Labute approximate surface area is 159 Å². The number of aromatic nitrogens is 2. The van der Waals surface area contributed by atoms with Crippen LogP contribution >= 0.6 is 0 Å². The Hall–Kier alpha value is -2.67. The largest absolute Gasteiger partial charge is 0.348 e. The van der Waals surface area contributed by atoms with Gasteiger partial charge < -0.3 is 9.88 Å². The van der Waals surface area contributed by atoms with E-state index in [4.69, 9.17) is 0 Å². The molecule has 1 unspecified atom stereocenters. The normalized spacial score (nSPS) is 12.9. The first-order valence-electron chi connectivity index (χ1n) is 8.71. The molecule has 0 aliphatic rings. The zero-order valence-corrected chi connectivity index (χ0v) is 16.5. The van der Waals surface area contributed by atoms with Crippen LogP contribution in [0.15, 0.2) is 48.5 Å². The lowest BCUT2D eigenvalue weighted by Gasteiger charge is -2.16. The maximum atomic E-state index is 12.6. The Morgan fingerprint density at radius 1 is 1.15 bits per heavy atom. The van der Waals surface area contributed by atoms with Crippen LogP contribution in [0.25, 0.3) is 11.0 Å². The molecule has 7 heteroatoms. The van der Waals surface area contributed by atoms with Crippen LogP contribution in [0.4, 0.5) is 0 Å². The van der Waals surface area contributed by atoms with Crippen LogP contribution in [-0.4, -0.2) is 30.1 Å². The maximum absolute atomic E-state index is 12.6. The number of carbonyl (C=O) groups is 1. The molecule has 0 spiro atoms. The third-order valence-electron chi connectivity index (χ3n) is 4.38. The lowest BCUT2D eigenvalue weighted by molar-refractivity contribution is -0.122. The molecule has 2 aromatic carbocycles. The zero-order valence-electron chi connectivity index (χ0n) is 15.6. The number of benzene rings is 2. The summed E-state index contributed by atoms with van der Waals surface area (Å²) in [5, 5.41) is 2.97. The third-order valence-corrected chi connectivity index (χ3v) is 5.16. The van der Waals surface area contributed by atoms with Gasteiger partial charge in [-0.25, -0.2) is 13.4 Å². The summed E-state index contributed by atoms with van der Waals surface area (Å²) >= 11 is 0. The first kappa shape index (κ1) is 19.1. The van der Waals surface area contributed by atoms with Crippen molar-refractivity contribution in [2.45, 2.75) is 32.2 Å². The van der Waals surface area contributed by atoms with Gasteiger partial charge in [-0.15, -0.1) is 0 Å². The molecule has 0 radical (unpaired) electrons. The Balaban J connectivity index is 1.83. The van der Waals surface area contributed by atoms with Crippen molar-refractivity contribution >= 4 is 26.8 Å². The van der Waals surface area contributed by atoms with Crippen molar-refractivity contribution in [3.05, 3.63) is 65.5 Å². The molecule has 1 amide bonds. The highest BCUT2D eigenvalue weighted by atomic mass is 32.2. The van der Waals surface area contributed by atoms with Crippen molar-refractivity contribution in [1.82, 2.24) is 14.9 Å². The van der Waals surface area contributed by atoms with Crippen LogP contribution in [0, 0.1) is 6.92 Å². The number of carbonyl (C=O) groups excluding carboxylic acids is 1. The summed E-state index contributed by atoms with van der Waals surface area (Å²) in [4.78, 5) is 17.0. The van der Waals surface area contributed by atoms with E-state index in [9.17, 15) is 13.2 Å². The molecule has 0 saturated heterocycles. The van der Waals surface area contributed by atoms with Crippen LogP contribution in [0.1, 0.15) is 29.9 Å². The first-order valence-corrected chi connectivity index (χ1v) is 10.8. The van der Waals surface area contributed by atoms with Gasteiger partial charge in [-0.05, 0) is 31.5 Å². The van der Waals surface area contributed by atoms with Gasteiger partial charge in [-0.1, -0.05) is 42.0 Å². The fourth-order valence-electron chi connectivity index (χ4n) is 3.02. The average molecular weight is 385 g/mol. The van der Waals surface area contributed by atoms with E-state index >= 15 is 0 Å². The Bertz CT molecular complexity index is 1070. The second-order valence-corrected chi connectivity index (χ2v) is 9.01. The molecule has 27 heavy (non-hydrogen) atoms. The number of nitrogens with zero attached hydrogens (tertiary/aromatic N) is 2. The van der Waals surface area contributed by atoms with Gasteiger partial charge in [0.15, 0.2) is 9.84 Å². The minimum atomic E-state index is -3.27. The molecule has 1 atom stereocenters. The van der Waals surface area contributed by atoms with E-state index in [1.165, 1.54) is 0 Å². The van der Waals surface area contributed by atoms with E-state index in [2.05, 4.69) is 10.3 Å². The molecule has 1 N–H and O–H groups in total. The second-order valence-electron chi connectivity index (χ2n) is 6.87. The number of hydrogen-bond donors (Lipinski definition) is 1. The molecular weight excluding hydrogens is 362 g/mol. The van der Waals surface area contributed by atoms with Crippen molar-refractivity contribution in [3.63, 3.8) is 0 Å². The van der Waals surface area contributed by atoms with Crippen LogP contribution in [-0.2, 0) is 26.9 Å². The molecular formula is C20H23N3O3S. The summed E-state index contributed by atoms with van der Waals surface area (Å²) in [5.41, 5.74) is 3.60. The van der Waals surface area contributed by atoms with Crippen LogP contribution in [0.5, 0.6) is 0 Å². The van der Waals surface area contributed by atoms with E-state index in [1.807, 2.05) is 62.4 Å². The van der Waals surface area contributed by atoms with Gasteiger partial charge in [-0.3, -0.25) is 4.79 Å². The number of para-hydroxylation sites is 2. The minimum absolute atomic E-state index is 0.0154. The average Bonchev–Trinajstić information content (AvgIpc) is 2.91. The fourth-order valence-corrected chi connectivity index (χ4v) is 3.71. The molecule has 6 nitrogen and oxygen atoms in total. The molecule has 1 heterocycles. The van der Waals surface area contributed by atoms with E-state index in [0.717, 1.165) is 22.9 Å². The van der Waals surface area contributed by atoms with E-state index in [0.29, 0.717) is 11.3 Å². The molecule has 1 aromatic heterocycles. The van der Waals surface area contributed by atoms with E-state index < -0.39 is 9.84 Å². The molecule has 0 aliphatic heterocycles. The summed E-state index contributed by atoms with van der Waals surface area (Å²) < 4.78 is 25.2. The topological polar surface area (TPSA) is 81.1 Å². The third kappa shape index (κ3) is 4.74. The summed E-state index contributed by atoms with van der Waals surface area (Å²) in [6.07, 6.45) is 1.16. The maximum Gasteiger partial charge on any atom is 0.240 e. The van der Waals surface area contributed by atoms with Gasteiger partial charge >= 0.3 is 0 Å². The Kier molecular flexibility index (Phi) is 5.32. The smallest absolute Gasteiger partial charge is 0.240 e. The van der Waals surface area contributed by atoms with Crippen LogP contribution in [0.2, 0.25) is 0 Å². The molecule has 0 bridgehead atoms. The molecule has 142 valence electrons. The van der Waals surface area contributed by atoms with Crippen molar-refractivity contribution in [2.75, 3.05) is 6.26 Å². The van der Waals surface area contributed by atoms with E-state index in [-0.39, 0.29) is 24.2 Å². The standard InChI is InChI=1S/C20H23N3O3S/c1-14-8-10-16(11-9-14)15(2)21-20(24)12-23-18-7-5-4-6-17(18)22-19(23)13-27(3,25)26/h4-11,15H,12-13H2,1-3H3,(H,21,24). The lowest BCUT2D eigenvalue weighted by atomic mass is 10.1. The number of aryl methyl sites for hydroxylation is 1. The molecule has 0 aliphatic carbocycles. The monoisotopic (exact) mass is 385 g/mol. The highest BCUT2D eigenvalue weighted by Crippen LogP contribution is 2.18. The SMILES string of the molecule is Cc1ccc(C(C)NC(=O)Cn2c(CS(C)(=O)=O)nc3ccccc32)cc1. The second kappa shape index (κ2) is 7.52.